The van der Waals surface area contributed by atoms with Crippen LogP contribution in [0, 0.1) is 14.9 Å². The lowest BCUT2D eigenvalue weighted by Crippen LogP contribution is -2.48. The second-order valence-electron chi connectivity index (χ2n) is 7.40. The monoisotopic (exact) mass is 490 g/mol. The predicted octanol–water partition coefficient (Wildman–Crippen LogP) is 2.28. The molecule has 174 valence electrons. The van der Waals surface area contributed by atoms with Crippen LogP contribution in [-0.4, -0.2) is 70.2 Å². The number of sulfonamides is 1. The minimum Gasteiger partial charge on any atom is -0.497 e. The topological polar surface area (TPSA) is 116 Å². The number of non-ortho nitro benzene ring substituents is 1. The Labute approximate surface area is 195 Å². The number of hydrogen-bond donors (Lipinski definition) is 0. The van der Waals surface area contributed by atoms with Gasteiger partial charge in [-0.1, -0.05) is 12.1 Å². The fraction of sp³-hybridized carbons (Fsp3) is 0.300. The first-order valence-corrected chi connectivity index (χ1v) is 11.9. The van der Waals surface area contributed by atoms with E-state index in [2.05, 4.69) is 10.00 Å². The smallest absolute Gasteiger partial charge is 0.270 e. The zero-order valence-corrected chi connectivity index (χ0v) is 19.4. The van der Waals surface area contributed by atoms with Gasteiger partial charge in [-0.25, -0.2) is 13.1 Å². The van der Waals surface area contributed by atoms with E-state index >= 15 is 0 Å². The van der Waals surface area contributed by atoms with Crippen molar-refractivity contribution in [3.05, 3.63) is 69.7 Å². The Balaban J connectivity index is 1.43. The van der Waals surface area contributed by atoms with Crippen molar-refractivity contribution in [2.75, 3.05) is 33.3 Å². The van der Waals surface area contributed by atoms with Gasteiger partial charge in [0.05, 0.1) is 29.3 Å². The fourth-order valence-electron chi connectivity index (χ4n) is 3.58. The normalized spacial score (nSPS) is 15.4. The standard InChI is InChI=1S/C20H22N6O5S2/c1-31-18-6-2-4-16(12-18)24-14-21-25(20(24)32)15-22-8-10-23(11-9-22)33(29,30)19-7-3-5-17(13-19)26(27)28/h2-7,12-14H,8-11,15H2,1H3. The van der Waals surface area contributed by atoms with E-state index in [0.29, 0.717) is 30.3 Å². The maximum absolute atomic E-state index is 12.9. The average Bonchev–Trinajstić information content (AvgIpc) is 3.19. The Bertz CT molecular complexity index is 1330. The molecule has 11 nitrogen and oxygen atoms in total. The highest BCUT2D eigenvalue weighted by atomic mass is 32.2. The summed E-state index contributed by atoms with van der Waals surface area (Å²) in [6.45, 7) is 1.88. The maximum atomic E-state index is 12.9. The number of hydrogen-bond acceptors (Lipinski definition) is 8. The molecule has 0 amide bonds. The summed E-state index contributed by atoms with van der Waals surface area (Å²) in [5.41, 5.74) is 0.578. The van der Waals surface area contributed by atoms with Crippen molar-refractivity contribution in [3.63, 3.8) is 0 Å². The number of ether oxygens (including phenoxy) is 1. The van der Waals surface area contributed by atoms with Crippen LogP contribution in [-0.2, 0) is 16.7 Å². The van der Waals surface area contributed by atoms with Gasteiger partial charge in [0.15, 0.2) is 0 Å². The van der Waals surface area contributed by atoms with E-state index in [1.165, 1.54) is 22.5 Å². The second kappa shape index (κ2) is 9.39. The number of benzene rings is 2. The van der Waals surface area contributed by atoms with E-state index in [9.17, 15) is 18.5 Å². The number of nitro benzene ring substituents is 1. The number of nitrogens with zero attached hydrogens (tertiary/aromatic N) is 6. The lowest BCUT2D eigenvalue weighted by atomic mass is 10.3. The summed E-state index contributed by atoms with van der Waals surface area (Å²) in [6, 6.07) is 12.6. The largest absolute Gasteiger partial charge is 0.497 e. The predicted molar refractivity (Wildman–Crippen MR) is 122 cm³/mol. The molecule has 3 aromatic rings. The lowest BCUT2D eigenvalue weighted by Gasteiger charge is -2.33. The maximum Gasteiger partial charge on any atom is 0.270 e. The van der Waals surface area contributed by atoms with E-state index in [-0.39, 0.29) is 23.7 Å². The van der Waals surface area contributed by atoms with Crippen LogP contribution in [0.2, 0.25) is 0 Å². The zero-order chi connectivity index (χ0) is 23.6. The van der Waals surface area contributed by atoms with E-state index in [4.69, 9.17) is 17.0 Å². The molecular formula is C20H22N6O5S2. The summed E-state index contributed by atoms with van der Waals surface area (Å²) in [7, 11) is -2.22. The van der Waals surface area contributed by atoms with Gasteiger partial charge < -0.3 is 4.74 Å². The fourth-order valence-corrected chi connectivity index (χ4v) is 5.30. The molecule has 0 radical (unpaired) electrons. The van der Waals surface area contributed by atoms with Crippen LogP contribution in [0.1, 0.15) is 0 Å². The van der Waals surface area contributed by atoms with Gasteiger partial charge >= 0.3 is 0 Å². The number of piperazine rings is 1. The third-order valence-corrected chi connectivity index (χ3v) is 7.70. The first-order valence-electron chi connectivity index (χ1n) is 10.1. The molecule has 1 aliphatic rings. The van der Waals surface area contributed by atoms with Crippen molar-refractivity contribution in [1.82, 2.24) is 23.6 Å². The highest BCUT2D eigenvalue weighted by Gasteiger charge is 2.29. The van der Waals surface area contributed by atoms with Crippen molar-refractivity contribution in [2.24, 2.45) is 0 Å². The summed E-state index contributed by atoms with van der Waals surface area (Å²) < 4.78 is 36.4. The third kappa shape index (κ3) is 4.80. The molecule has 33 heavy (non-hydrogen) atoms. The van der Waals surface area contributed by atoms with Gasteiger partial charge in [-0.3, -0.25) is 19.6 Å². The van der Waals surface area contributed by atoms with Gasteiger partial charge in [-0.05, 0) is 30.4 Å². The number of rotatable bonds is 7. The Morgan fingerprint density at radius 2 is 1.85 bits per heavy atom. The first-order chi connectivity index (χ1) is 15.8. The lowest BCUT2D eigenvalue weighted by molar-refractivity contribution is -0.385. The Hall–Kier alpha value is -3.13. The molecule has 13 heteroatoms. The van der Waals surface area contributed by atoms with E-state index in [1.807, 2.05) is 24.3 Å². The van der Waals surface area contributed by atoms with Crippen molar-refractivity contribution in [1.29, 1.82) is 0 Å². The summed E-state index contributed by atoms with van der Waals surface area (Å²) >= 11 is 5.57. The van der Waals surface area contributed by atoms with Crippen LogP contribution < -0.4 is 4.74 Å². The Kier molecular flexibility index (Phi) is 6.56. The minimum atomic E-state index is -3.82. The molecule has 0 N–H and O–H groups in total. The molecule has 0 aliphatic carbocycles. The summed E-state index contributed by atoms with van der Waals surface area (Å²) in [6.07, 6.45) is 1.64. The van der Waals surface area contributed by atoms with Crippen LogP contribution in [0.4, 0.5) is 5.69 Å². The van der Waals surface area contributed by atoms with Gasteiger partial charge in [0.2, 0.25) is 14.8 Å². The molecule has 1 saturated heterocycles. The second-order valence-corrected chi connectivity index (χ2v) is 9.71. The molecule has 2 aromatic carbocycles. The average molecular weight is 491 g/mol. The number of aromatic nitrogens is 3. The van der Waals surface area contributed by atoms with Gasteiger partial charge in [0.25, 0.3) is 5.69 Å². The van der Waals surface area contributed by atoms with E-state index in [1.54, 1.807) is 22.7 Å². The molecular weight excluding hydrogens is 468 g/mol. The third-order valence-electron chi connectivity index (χ3n) is 5.40. The highest BCUT2D eigenvalue weighted by molar-refractivity contribution is 7.89. The molecule has 1 fully saturated rings. The molecule has 2 heterocycles. The van der Waals surface area contributed by atoms with Crippen LogP contribution >= 0.6 is 12.2 Å². The zero-order valence-electron chi connectivity index (χ0n) is 17.8. The molecule has 0 saturated carbocycles. The van der Waals surface area contributed by atoms with Gasteiger partial charge in [-0.15, -0.1) is 0 Å². The highest BCUT2D eigenvalue weighted by Crippen LogP contribution is 2.22. The molecule has 0 bridgehead atoms. The van der Waals surface area contributed by atoms with Gasteiger partial charge in [0, 0.05) is 44.4 Å². The molecule has 1 aliphatic heterocycles. The molecule has 0 spiro atoms. The van der Waals surface area contributed by atoms with Crippen LogP contribution in [0.15, 0.2) is 59.8 Å². The van der Waals surface area contributed by atoms with Crippen LogP contribution in [0.25, 0.3) is 5.69 Å². The van der Waals surface area contributed by atoms with Gasteiger partial charge in [0.1, 0.15) is 12.1 Å². The van der Waals surface area contributed by atoms with Crippen molar-refractivity contribution in [2.45, 2.75) is 11.6 Å². The summed E-state index contributed by atoms with van der Waals surface area (Å²) in [4.78, 5) is 12.4. The number of nitro groups is 1. The first kappa shape index (κ1) is 23.0. The minimum absolute atomic E-state index is 0.0793. The van der Waals surface area contributed by atoms with E-state index in [0.717, 1.165) is 11.8 Å². The Morgan fingerprint density at radius 1 is 1.12 bits per heavy atom. The van der Waals surface area contributed by atoms with Gasteiger partial charge in [-0.2, -0.15) is 9.40 Å². The van der Waals surface area contributed by atoms with Crippen molar-refractivity contribution >= 4 is 27.9 Å². The van der Waals surface area contributed by atoms with Crippen LogP contribution in [0.5, 0.6) is 5.75 Å². The molecule has 1 aromatic heterocycles. The van der Waals surface area contributed by atoms with Crippen molar-refractivity contribution < 1.29 is 18.1 Å². The molecule has 0 atom stereocenters. The summed E-state index contributed by atoms with van der Waals surface area (Å²) in [5, 5.41) is 15.4. The van der Waals surface area contributed by atoms with E-state index < -0.39 is 14.9 Å². The molecule has 0 unspecified atom stereocenters. The number of methoxy groups -OCH3 is 1. The molecule has 4 rings (SSSR count). The van der Waals surface area contributed by atoms with Crippen molar-refractivity contribution in [3.8, 4) is 11.4 Å². The quantitative estimate of drug-likeness (QED) is 0.281. The SMILES string of the molecule is COc1cccc(-n2cnn(CN3CCN(S(=O)(=O)c4cccc([N+](=O)[O-])c4)CC3)c2=S)c1. The summed E-state index contributed by atoms with van der Waals surface area (Å²) in [5.74, 6) is 0.711. The Morgan fingerprint density at radius 3 is 2.55 bits per heavy atom. The van der Waals surface area contributed by atoms with Crippen LogP contribution in [0.3, 0.4) is 0 Å².